The Hall–Kier alpha value is -1.51. The van der Waals surface area contributed by atoms with Crippen molar-refractivity contribution in [1.29, 1.82) is 0 Å². The number of fused-ring (bicyclic) bond motifs is 1. The third kappa shape index (κ3) is 1.90. The topological polar surface area (TPSA) is 29.5 Å². The van der Waals surface area contributed by atoms with Crippen LogP contribution in [0.2, 0.25) is 0 Å². The average Bonchev–Trinajstić information content (AvgIpc) is 2.38. The van der Waals surface area contributed by atoms with Crippen LogP contribution in [0.4, 0.5) is 0 Å². The standard InChI is InChI=1S/C14H19NO2/c1-4-11-5-6-13(17-3)14-10(2)15(9-16)8-7-12(11)14/h5-6,9-10H,4,7-8H2,1-3H3. The Kier molecular flexibility index (Phi) is 3.36. The highest BCUT2D eigenvalue weighted by atomic mass is 16.5. The number of aryl methyl sites for hydroxylation is 1. The number of benzene rings is 1. The van der Waals surface area contributed by atoms with Crippen molar-refractivity contribution in [3.63, 3.8) is 0 Å². The largest absolute Gasteiger partial charge is 0.496 e. The third-order valence-electron chi connectivity index (χ3n) is 3.69. The molecular weight excluding hydrogens is 214 g/mol. The summed E-state index contributed by atoms with van der Waals surface area (Å²) >= 11 is 0. The molecule has 0 saturated carbocycles. The highest BCUT2D eigenvalue weighted by Gasteiger charge is 2.27. The van der Waals surface area contributed by atoms with E-state index in [4.69, 9.17) is 4.74 Å². The van der Waals surface area contributed by atoms with Crippen LogP contribution < -0.4 is 4.74 Å². The second kappa shape index (κ2) is 4.78. The number of carbonyl (C=O) groups is 1. The van der Waals surface area contributed by atoms with Gasteiger partial charge in [0.2, 0.25) is 6.41 Å². The molecule has 0 aromatic heterocycles. The van der Waals surface area contributed by atoms with Crippen molar-refractivity contribution in [3.05, 3.63) is 28.8 Å². The molecule has 0 fully saturated rings. The van der Waals surface area contributed by atoms with Gasteiger partial charge in [-0.3, -0.25) is 4.79 Å². The van der Waals surface area contributed by atoms with Crippen LogP contribution in [-0.2, 0) is 17.6 Å². The molecule has 0 N–H and O–H groups in total. The summed E-state index contributed by atoms with van der Waals surface area (Å²) < 4.78 is 5.43. The Labute approximate surface area is 102 Å². The minimum Gasteiger partial charge on any atom is -0.496 e. The lowest BCUT2D eigenvalue weighted by atomic mass is 9.88. The number of hydrogen-bond acceptors (Lipinski definition) is 2. The van der Waals surface area contributed by atoms with Crippen LogP contribution >= 0.6 is 0 Å². The lowest BCUT2D eigenvalue weighted by Crippen LogP contribution is -2.33. The van der Waals surface area contributed by atoms with Crippen molar-refractivity contribution in [3.8, 4) is 5.75 Å². The molecule has 0 spiro atoms. The van der Waals surface area contributed by atoms with E-state index < -0.39 is 0 Å². The summed E-state index contributed by atoms with van der Waals surface area (Å²) in [5.41, 5.74) is 3.93. The first kappa shape index (κ1) is 12.0. The van der Waals surface area contributed by atoms with Crippen LogP contribution in [0.5, 0.6) is 5.75 Å². The second-order valence-electron chi connectivity index (χ2n) is 4.44. The van der Waals surface area contributed by atoms with Gasteiger partial charge in [0.25, 0.3) is 0 Å². The lowest BCUT2D eigenvalue weighted by Gasteiger charge is -2.34. The highest BCUT2D eigenvalue weighted by molar-refractivity contribution is 5.55. The Morgan fingerprint density at radius 3 is 2.88 bits per heavy atom. The molecule has 3 nitrogen and oxygen atoms in total. The number of nitrogens with zero attached hydrogens (tertiary/aromatic N) is 1. The first-order valence-electron chi connectivity index (χ1n) is 6.12. The minimum absolute atomic E-state index is 0.109. The lowest BCUT2D eigenvalue weighted by molar-refractivity contribution is -0.120. The molecule has 1 aliphatic rings. The van der Waals surface area contributed by atoms with Gasteiger partial charge >= 0.3 is 0 Å². The Morgan fingerprint density at radius 2 is 2.29 bits per heavy atom. The molecule has 1 atom stereocenters. The highest BCUT2D eigenvalue weighted by Crippen LogP contribution is 2.37. The number of carbonyl (C=O) groups excluding carboxylic acids is 1. The van der Waals surface area contributed by atoms with E-state index in [2.05, 4.69) is 19.9 Å². The summed E-state index contributed by atoms with van der Waals surface area (Å²) in [6, 6.07) is 4.27. The van der Waals surface area contributed by atoms with Gasteiger partial charge in [0.05, 0.1) is 13.2 Å². The molecule has 2 rings (SSSR count). The van der Waals surface area contributed by atoms with Gasteiger partial charge in [0.1, 0.15) is 5.75 Å². The molecule has 0 bridgehead atoms. The molecule has 3 heteroatoms. The summed E-state index contributed by atoms with van der Waals surface area (Å²) in [5, 5.41) is 0. The van der Waals surface area contributed by atoms with E-state index in [1.54, 1.807) is 7.11 Å². The van der Waals surface area contributed by atoms with Gasteiger partial charge in [-0.2, -0.15) is 0 Å². The van der Waals surface area contributed by atoms with Gasteiger partial charge in [0.15, 0.2) is 0 Å². The van der Waals surface area contributed by atoms with Gasteiger partial charge in [-0.25, -0.2) is 0 Å². The molecule has 17 heavy (non-hydrogen) atoms. The predicted octanol–water partition coefficient (Wildman–Crippen LogP) is 2.33. The Balaban J connectivity index is 2.55. The second-order valence-corrected chi connectivity index (χ2v) is 4.44. The van der Waals surface area contributed by atoms with Crippen LogP contribution in [-0.4, -0.2) is 25.0 Å². The van der Waals surface area contributed by atoms with Crippen molar-refractivity contribution in [2.24, 2.45) is 0 Å². The summed E-state index contributed by atoms with van der Waals surface area (Å²) in [7, 11) is 1.69. The van der Waals surface area contributed by atoms with E-state index in [9.17, 15) is 4.79 Å². The first-order valence-corrected chi connectivity index (χ1v) is 6.12. The molecule has 1 aromatic rings. The number of methoxy groups -OCH3 is 1. The molecular formula is C14H19NO2. The predicted molar refractivity (Wildman–Crippen MR) is 67.3 cm³/mol. The van der Waals surface area contributed by atoms with Gasteiger partial charge in [-0.1, -0.05) is 13.0 Å². The normalized spacial score (nSPS) is 18.8. The van der Waals surface area contributed by atoms with Crippen LogP contribution in [0.15, 0.2) is 12.1 Å². The number of rotatable bonds is 3. The zero-order valence-electron chi connectivity index (χ0n) is 10.7. The number of amides is 1. The maximum atomic E-state index is 11.0. The van der Waals surface area contributed by atoms with Gasteiger partial charge in [0, 0.05) is 12.1 Å². The quantitative estimate of drug-likeness (QED) is 0.750. The Morgan fingerprint density at radius 1 is 1.53 bits per heavy atom. The first-order chi connectivity index (χ1) is 8.22. The zero-order chi connectivity index (χ0) is 12.4. The van der Waals surface area contributed by atoms with Crippen LogP contribution in [0.1, 0.15) is 36.6 Å². The fraction of sp³-hybridized carbons (Fsp3) is 0.500. The number of hydrogen-bond donors (Lipinski definition) is 0. The Bertz CT molecular complexity index is 428. The van der Waals surface area contributed by atoms with Gasteiger partial charge in [-0.05, 0) is 37.0 Å². The van der Waals surface area contributed by atoms with Crippen molar-refractivity contribution in [1.82, 2.24) is 4.90 Å². The molecule has 1 unspecified atom stereocenters. The molecule has 1 heterocycles. The summed E-state index contributed by atoms with van der Waals surface area (Å²) in [5.74, 6) is 0.899. The third-order valence-corrected chi connectivity index (χ3v) is 3.69. The van der Waals surface area contributed by atoms with Gasteiger partial charge in [-0.15, -0.1) is 0 Å². The van der Waals surface area contributed by atoms with E-state index in [-0.39, 0.29) is 6.04 Å². The van der Waals surface area contributed by atoms with Gasteiger partial charge < -0.3 is 9.64 Å². The van der Waals surface area contributed by atoms with E-state index in [1.165, 1.54) is 16.7 Å². The average molecular weight is 233 g/mol. The van der Waals surface area contributed by atoms with Crippen molar-refractivity contribution in [2.75, 3.05) is 13.7 Å². The van der Waals surface area contributed by atoms with Crippen molar-refractivity contribution in [2.45, 2.75) is 32.7 Å². The van der Waals surface area contributed by atoms with E-state index >= 15 is 0 Å². The molecule has 0 saturated heterocycles. The minimum atomic E-state index is 0.109. The molecule has 1 amide bonds. The summed E-state index contributed by atoms with van der Waals surface area (Å²) in [4.78, 5) is 12.9. The molecule has 0 aliphatic carbocycles. The van der Waals surface area contributed by atoms with E-state index in [0.717, 1.165) is 31.5 Å². The SMILES string of the molecule is CCc1ccc(OC)c2c1CCN(C=O)C2C. The van der Waals surface area contributed by atoms with Crippen LogP contribution in [0.25, 0.3) is 0 Å². The van der Waals surface area contributed by atoms with Crippen LogP contribution in [0.3, 0.4) is 0 Å². The summed E-state index contributed by atoms with van der Waals surface area (Å²) in [6.45, 7) is 5.03. The fourth-order valence-electron chi connectivity index (χ4n) is 2.70. The molecule has 1 aliphatic heterocycles. The molecule has 92 valence electrons. The maximum absolute atomic E-state index is 11.0. The van der Waals surface area contributed by atoms with Crippen molar-refractivity contribution >= 4 is 6.41 Å². The summed E-state index contributed by atoms with van der Waals surface area (Å²) in [6.07, 6.45) is 2.89. The monoisotopic (exact) mass is 233 g/mol. The van der Waals surface area contributed by atoms with Crippen LogP contribution in [0, 0.1) is 0 Å². The van der Waals surface area contributed by atoms with E-state index in [0.29, 0.717) is 0 Å². The van der Waals surface area contributed by atoms with Crippen molar-refractivity contribution < 1.29 is 9.53 Å². The zero-order valence-corrected chi connectivity index (χ0v) is 10.7. The smallest absolute Gasteiger partial charge is 0.210 e. The number of ether oxygens (including phenoxy) is 1. The molecule has 1 aromatic carbocycles. The van der Waals surface area contributed by atoms with E-state index in [1.807, 2.05) is 11.0 Å². The maximum Gasteiger partial charge on any atom is 0.210 e. The fourth-order valence-corrected chi connectivity index (χ4v) is 2.70. The molecule has 0 radical (unpaired) electrons.